The van der Waals surface area contributed by atoms with Crippen molar-refractivity contribution in [1.29, 1.82) is 0 Å². The van der Waals surface area contributed by atoms with Gasteiger partial charge in [-0.15, -0.1) is 0 Å². The van der Waals surface area contributed by atoms with Gasteiger partial charge in [-0.05, 0) is 25.1 Å². The minimum atomic E-state index is -0.233. The lowest BCUT2D eigenvalue weighted by Crippen LogP contribution is -2.39. The molecule has 0 radical (unpaired) electrons. The Labute approximate surface area is 116 Å². The third kappa shape index (κ3) is 3.01. The van der Waals surface area contributed by atoms with E-state index in [1.807, 2.05) is 0 Å². The van der Waals surface area contributed by atoms with E-state index in [2.05, 4.69) is 27.9 Å². The van der Waals surface area contributed by atoms with Crippen LogP contribution in [0.2, 0.25) is 0 Å². The van der Waals surface area contributed by atoms with Gasteiger partial charge in [-0.2, -0.15) is 5.10 Å². The van der Waals surface area contributed by atoms with E-state index in [0.717, 1.165) is 25.7 Å². The van der Waals surface area contributed by atoms with Crippen LogP contribution < -0.4 is 11.2 Å². The van der Waals surface area contributed by atoms with Crippen LogP contribution in [0.25, 0.3) is 0 Å². The summed E-state index contributed by atoms with van der Waals surface area (Å²) in [5, 5.41) is 15.9. The summed E-state index contributed by atoms with van der Waals surface area (Å²) < 4.78 is 0. The van der Waals surface area contributed by atoms with Crippen LogP contribution in [0.1, 0.15) is 32.1 Å². The summed E-state index contributed by atoms with van der Waals surface area (Å²) in [6.07, 6.45) is 5.43. The van der Waals surface area contributed by atoms with E-state index in [-0.39, 0.29) is 35.0 Å². The predicted octanol–water partition coefficient (Wildman–Crippen LogP) is 0.181. The van der Waals surface area contributed by atoms with E-state index in [9.17, 15) is 4.79 Å². The van der Waals surface area contributed by atoms with Gasteiger partial charge < -0.3 is 15.8 Å². The number of nitrogens with one attached hydrogen (secondary N) is 1. The topological polar surface area (TPSA) is 103 Å². The Bertz CT molecular complexity index is 442. The van der Waals surface area contributed by atoms with Crippen molar-refractivity contribution in [3.63, 3.8) is 0 Å². The van der Waals surface area contributed by atoms with Crippen LogP contribution in [0.4, 0.5) is 0 Å². The number of oxime groups is 1. The second-order valence-electron chi connectivity index (χ2n) is 4.71. The van der Waals surface area contributed by atoms with Crippen molar-refractivity contribution in [3.8, 4) is 0 Å². The summed E-state index contributed by atoms with van der Waals surface area (Å²) in [7, 11) is 0. The number of hydrogen-bond acceptors (Lipinski definition) is 5. The van der Waals surface area contributed by atoms with Crippen LogP contribution in [0.3, 0.4) is 0 Å². The summed E-state index contributed by atoms with van der Waals surface area (Å²) in [4.78, 5) is 14.0. The van der Waals surface area contributed by atoms with E-state index in [0.29, 0.717) is 0 Å². The van der Waals surface area contributed by atoms with E-state index in [1.54, 1.807) is 4.90 Å². The summed E-state index contributed by atoms with van der Waals surface area (Å²) in [6.45, 7) is 0.290. The fourth-order valence-corrected chi connectivity index (χ4v) is 2.60. The highest BCUT2D eigenvalue weighted by atomic mass is 32.1. The highest BCUT2D eigenvalue weighted by molar-refractivity contribution is 7.80. The lowest BCUT2D eigenvalue weighted by molar-refractivity contribution is -0.125. The van der Waals surface area contributed by atoms with Crippen LogP contribution in [0.15, 0.2) is 10.3 Å². The molecule has 104 valence electrons. The first-order valence-electron chi connectivity index (χ1n) is 6.29. The van der Waals surface area contributed by atoms with Crippen molar-refractivity contribution in [2.75, 3.05) is 6.54 Å². The van der Waals surface area contributed by atoms with Crippen molar-refractivity contribution < 1.29 is 10.0 Å². The van der Waals surface area contributed by atoms with E-state index < -0.39 is 0 Å². The van der Waals surface area contributed by atoms with E-state index >= 15 is 0 Å². The summed E-state index contributed by atoms with van der Waals surface area (Å²) in [5.74, 6) is -0.233. The molecular formula is C11H17N5O2S. The first-order chi connectivity index (χ1) is 9.13. The number of hydrazone groups is 1. The van der Waals surface area contributed by atoms with Gasteiger partial charge in [0.2, 0.25) is 0 Å². The molecule has 2 fully saturated rings. The molecule has 1 aliphatic heterocycles. The van der Waals surface area contributed by atoms with Crippen LogP contribution in [-0.2, 0) is 4.79 Å². The maximum atomic E-state index is 12.3. The normalized spacial score (nSPS) is 25.3. The highest BCUT2D eigenvalue weighted by Gasteiger charge is 2.38. The van der Waals surface area contributed by atoms with Crippen LogP contribution in [-0.4, -0.2) is 45.1 Å². The minimum Gasteiger partial charge on any atom is -0.411 e. The van der Waals surface area contributed by atoms with Crippen molar-refractivity contribution in [2.45, 2.75) is 38.1 Å². The molecule has 1 aliphatic carbocycles. The maximum Gasteiger partial charge on any atom is 0.277 e. The molecule has 0 aromatic heterocycles. The minimum absolute atomic E-state index is 0.0336. The zero-order valence-corrected chi connectivity index (χ0v) is 11.3. The number of rotatable bonds is 2. The number of carbonyl (C=O) groups is 1. The Balaban J connectivity index is 2.15. The smallest absolute Gasteiger partial charge is 0.277 e. The van der Waals surface area contributed by atoms with Gasteiger partial charge >= 0.3 is 0 Å². The molecule has 8 heteroatoms. The Morgan fingerprint density at radius 3 is 2.68 bits per heavy atom. The molecular weight excluding hydrogens is 266 g/mol. The average molecular weight is 283 g/mol. The highest BCUT2D eigenvalue weighted by Crippen LogP contribution is 2.25. The first kappa shape index (κ1) is 13.7. The molecule has 4 N–H and O–H groups in total. The zero-order chi connectivity index (χ0) is 13.8. The fourth-order valence-electron chi connectivity index (χ4n) is 2.56. The molecule has 19 heavy (non-hydrogen) atoms. The molecule has 1 saturated heterocycles. The molecule has 0 bridgehead atoms. The van der Waals surface area contributed by atoms with Gasteiger partial charge in [0.1, 0.15) is 5.71 Å². The molecule has 0 aromatic rings. The molecule has 0 aromatic carbocycles. The van der Waals surface area contributed by atoms with Gasteiger partial charge in [0.15, 0.2) is 10.8 Å². The lowest BCUT2D eigenvalue weighted by Gasteiger charge is -2.30. The number of nitrogens with two attached hydrogens (primary N) is 1. The van der Waals surface area contributed by atoms with Gasteiger partial charge in [0.05, 0.1) is 6.54 Å². The Kier molecular flexibility index (Phi) is 4.31. The molecule has 2 rings (SSSR count). The van der Waals surface area contributed by atoms with Crippen molar-refractivity contribution in [2.24, 2.45) is 16.0 Å². The van der Waals surface area contributed by atoms with Gasteiger partial charge in [-0.25, -0.2) is 0 Å². The SMILES string of the molecule is NC(=S)N/N=C1\C(=O)N(C2CCCCC2)C\C1=N\O. The van der Waals surface area contributed by atoms with Crippen molar-refractivity contribution in [1.82, 2.24) is 10.3 Å². The third-order valence-corrected chi connectivity index (χ3v) is 3.56. The number of likely N-dealkylation sites (tertiary alicyclic amines) is 1. The van der Waals surface area contributed by atoms with E-state index in [4.69, 9.17) is 10.9 Å². The van der Waals surface area contributed by atoms with E-state index in [1.165, 1.54) is 6.42 Å². The molecule has 7 nitrogen and oxygen atoms in total. The Morgan fingerprint density at radius 2 is 2.11 bits per heavy atom. The largest absolute Gasteiger partial charge is 0.411 e. The Hall–Kier alpha value is -1.70. The second-order valence-corrected chi connectivity index (χ2v) is 5.15. The quantitative estimate of drug-likeness (QED) is 0.381. The number of hydrogen-bond donors (Lipinski definition) is 3. The molecule has 1 saturated carbocycles. The maximum absolute atomic E-state index is 12.3. The molecule has 1 heterocycles. The molecule has 0 unspecified atom stereocenters. The van der Waals surface area contributed by atoms with Gasteiger partial charge in [-0.3, -0.25) is 10.2 Å². The summed E-state index contributed by atoms with van der Waals surface area (Å²) in [6, 6.07) is 0.204. The van der Waals surface area contributed by atoms with Gasteiger partial charge in [-0.1, -0.05) is 24.4 Å². The van der Waals surface area contributed by atoms with Crippen LogP contribution in [0.5, 0.6) is 0 Å². The predicted molar refractivity (Wildman–Crippen MR) is 75.2 cm³/mol. The Morgan fingerprint density at radius 1 is 1.42 bits per heavy atom. The third-order valence-electron chi connectivity index (χ3n) is 3.47. The standard InChI is InChI=1S/C11H17N5O2S/c12-11(19)14-13-9-8(15-18)6-16(10(9)17)7-4-2-1-3-5-7/h7,18H,1-6H2,(H3,12,14,19)/b13-9-,15-8-. The monoisotopic (exact) mass is 283 g/mol. The van der Waals surface area contributed by atoms with Gasteiger partial charge in [0, 0.05) is 6.04 Å². The molecule has 2 aliphatic rings. The number of carbonyl (C=O) groups excluding carboxylic acids is 1. The number of amides is 1. The number of nitrogens with zero attached hydrogens (tertiary/aromatic N) is 3. The molecule has 0 spiro atoms. The summed E-state index contributed by atoms with van der Waals surface area (Å²) >= 11 is 4.63. The van der Waals surface area contributed by atoms with Crippen LogP contribution >= 0.6 is 12.2 Å². The second kappa shape index (κ2) is 5.96. The lowest BCUT2D eigenvalue weighted by atomic mass is 9.94. The average Bonchev–Trinajstić information content (AvgIpc) is 2.74. The van der Waals surface area contributed by atoms with Gasteiger partial charge in [0.25, 0.3) is 5.91 Å². The number of thiocarbonyl (C=S) groups is 1. The first-order valence-corrected chi connectivity index (χ1v) is 6.69. The van der Waals surface area contributed by atoms with Crippen molar-refractivity contribution in [3.05, 3.63) is 0 Å². The molecule has 0 atom stereocenters. The summed E-state index contributed by atoms with van der Waals surface area (Å²) in [5.41, 5.74) is 7.96. The zero-order valence-electron chi connectivity index (χ0n) is 10.5. The fraction of sp³-hybridized carbons (Fsp3) is 0.636. The van der Waals surface area contributed by atoms with Crippen LogP contribution in [0, 0.1) is 0 Å². The van der Waals surface area contributed by atoms with Crippen molar-refractivity contribution >= 4 is 34.7 Å². The molecule has 1 amide bonds.